The monoisotopic (exact) mass is 382 g/mol. The van der Waals surface area contributed by atoms with E-state index in [0.29, 0.717) is 29.3 Å². The molecule has 0 fully saturated rings. The van der Waals surface area contributed by atoms with Crippen LogP contribution in [-0.2, 0) is 6.42 Å². The zero-order chi connectivity index (χ0) is 19.8. The number of anilines is 3. The summed E-state index contributed by atoms with van der Waals surface area (Å²) in [5.41, 5.74) is 4.84. The molecule has 3 heterocycles. The fourth-order valence-electron chi connectivity index (χ4n) is 3.36. The van der Waals surface area contributed by atoms with Crippen LogP contribution in [-0.4, -0.2) is 25.7 Å². The predicted octanol–water partition coefficient (Wildman–Crippen LogP) is 3.87. The zero-order valence-corrected chi connectivity index (χ0v) is 15.8. The van der Waals surface area contributed by atoms with Crippen LogP contribution < -0.4 is 10.6 Å². The molecule has 1 aliphatic rings. The van der Waals surface area contributed by atoms with Crippen molar-refractivity contribution < 1.29 is 4.79 Å². The quantitative estimate of drug-likeness (QED) is 0.562. The van der Waals surface area contributed by atoms with E-state index in [9.17, 15) is 4.79 Å². The number of hydrogen-bond acceptors (Lipinski definition) is 5. The second kappa shape index (κ2) is 6.87. The number of aromatic nitrogens is 4. The second-order valence-electron chi connectivity index (χ2n) is 6.91. The second-order valence-corrected chi connectivity index (χ2v) is 6.91. The van der Waals surface area contributed by atoms with Crippen LogP contribution in [0, 0.1) is 6.92 Å². The van der Waals surface area contributed by atoms with Gasteiger partial charge in [0, 0.05) is 12.1 Å². The highest BCUT2D eigenvalue weighted by Gasteiger charge is 2.21. The molecule has 29 heavy (non-hydrogen) atoms. The summed E-state index contributed by atoms with van der Waals surface area (Å²) in [6.45, 7) is 1.83. The third-order valence-corrected chi connectivity index (χ3v) is 4.80. The van der Waals surface area contributed by atoms with Crippen molar-refractivity contribution in [2.45, 2.75) is 13.3 Å². The summed E-state index contributed by atoms with van der Waals surface area (Å²) in [6.07, 6.45) is 2.35. The molecule has 0 bridgehead atoms. The predicted molar refractivity (Wildman–Crippen MR) is 111 cm³/mol. The number of pyridine rings is 1. The molecule has 2 N–H and O–H groups in total. The van der Waals surface area contributed by atoms with Crippen molar-refractivity contribution in [3.63, 3.8) is 0 Å². The van der Waals surface area contributed by atoms with Crippen molar-refractivity contribution in [1.82, 2.24) is 19.7 Å². The van der Waals surface area contributed by atoms with Gasteiger partial charge in [-0.25, -0.2) is 14.6 Å². The number of benzene rings is 2. The van der Waals surface area contributed by atoms with Gasteiger partial charge in [0.1, 0.15) is 18.0 Å². The first-order chi connectivity index (χ1) is 14.2. The summed E-state index contributed by atoms with van der Waals surface area (Å²) in [7, 11) is 0. The lowest BCUT2D eigenvalue weighted by Gasteiger charge is -2.10. The molecular weight excluding hydrogens is 364 g/mol. The Balaban J connectivity index is 1.49. The normalized spacial score (nSPS) is 12.4. The van der Waals surface area contributed by atoms with Gasteiger partial charge in [-0.05, 0) is 42.8 Å². The maximum absolute atomic E-state index is 12.8. The average Bonchev–Trinajstić information content (AvgIpc) is 3.10. The fourth-order valence-corrected chi connectivity index (χ4v) is 3.36. The van der Waals surface area contributed by atoms with Gasteiger partial charge in [-0.2, -0.15) is 5.10 Å². The number of hydrogen-bond donors (Lipinski definition) is 2. The van der Waals surface area contributed by atoms with Crippen molar-refractivity contribution in [2.75, 3.05) is 10.6 Å². The summed E-state index contributed by atoms with van der Waals surface area (Å²) in [5, 5.41) is 10.6. The van der Waals surface area contributed by atoms with E-state index in [1.165, 1.54) is 5.56 Å². The molecule has 0 saturated heterocycles. The first-order valence-corrected chi connectivity index (χ1v) is 9.31. The molecule has 4 aromatic rings. The van der Waals surface area contributed by atoms with Crippen molar-refractivity contribution in [3.05, 3.63) is 89.6 Å². The van der Waals surface area contributed by atoms with E-state index >= 15 is 0 Å². The minimum atomic E-state index is -0.197. The lowest BCUT2D eigenvalue weighted by molar-refractivity contribution is 0.102. The summed E-state index contributed by atoms with van der Waals surface area (Å²) in [4.78, 5) is 21.6. The first-order valence-electron chi connectivity index (χ1n) is 9.31. The van der Waals surface area contributed by atoms with Gasteiger partial charge < -0.3 is 10.6 Å². The van der Waals surface area contributed by atoms with Crippen molar-refractivity contribution >= 4 is 23.1 Å². The van der Waals surface area contributed by atoms with Crippen molar-refractivity contribution in [2.24, 2.45) is 0 Å². The van der Waals surface area contributed by atoms with Crippen LogP contribution in [0.15, 0.2) is 67.0 Å². The smallest absolute Gasteiger partial charge is 0.259 e. The van der Waals surface area contributed by atoms with E-state index in [1.807, 2.05) is 55.5 Å². The Morgan fingerprint density at radius 1 is 0.966 bits per heavy atom. The van der Waals surface area contributed by atoms with E-state index in [4.69, 9.17) is 4.98 Å². The highest BCUT2D eigenvalue weighted by molar-refractivity contribution is 6.11. The number of rotatable bonds is 3. The molecule has 2 aromatic heterocycles. The van der Waals surface area contributed by atoms with Crippen LogP contribution in [0.5, 0.6) is 0 Å². The number of fused-ring (bicyclic) bond motifs is 2. The Morgan fingerprint density at radius 3 is 2.62 bits per heavy atom. The molecule has 7 nitrogen and oxygen atoms in total. The first kappa shape index (κ1) is 17.1. The Kier molecular flexibility index (Phi) is 4.05. The van der Waals surface area contributed by atoms with Crippen LogP contribution in [0.4, 0.5) is 17.2 Å². The van der Waals surface area contributed by atoms with Gasteiger partial charge in [0.25, 0.3) is 5.91 Å². The lowest BCUT2D eigenvalue weighted by Crippen LogP contribution is -2.12. The summed E-state index contributed by atoms with van der Waals surface area (Å²) < 4.78 is 1.68. The van der Waals surface area contributed by atoms with Gasteiger partial charge in [-0.1, -0.05) is 30.3 Å². The number of amides is 1. The van der Waals surface area contributed by atoms with E-state index in [1.54, 1.807) is 11.0 Å². The fraction of sp³-hybridized carbons (Fsp3) is 0.0909. The molecule has 2 aromatic carbocycles. The minimum Gasteiger partial charge on any atom is -0.338 e. The number of carbonyl (C=O) groups excluding carboxylic acids is 1. The van der Waals surface area contributed by atoms with Crippen molar-refractivity contribution in [3.8, 4) is 5.69 Å². The standard InChI is InChI=1S/C22H18N6O/c1-14-23-13-28(27-14)17-8-10-19-20(12-17)26-22(29)18-9-7-16(24-21(18)25-19)11-15-5-3-2-4-6-15/h2-10,12-13H,11H2,1H3,(H,24,25)(H,26,29). The largest absolute Gasteiger partial charge is 0.338 e. The number of nitrogens with one attached hydrogen (secondary N) is 2. The molecule has 0 spiro atoms. The molecule has 0 aliphatic carbocycles. The zero-order valence-electron chi connectivity index (χ0n) is 15.8. The maximum atomic E-state index is 12.8. The molecule has 5 rings (SSSR count). The number of aryl methyl sites for hydroxylation is 1. The molecule has 7 heteroatoms. The highest BCUT2D eigenvalue weighted by Crippen LogP contribution is 2.32. The highest BCUT2D eigenvalue weighted by atomic mass is 16.1. The van der Waals surface area contributed by atoms with Gasteiger partial charge in [-0.3, -0.25) is 4.79 Å². The summed E-state index contributed by atoms with van der Waals surface area (Å²) in [5.74, 6) is 1.04. The average molecular weight is 382 g/mol. The van der Waals surface area contributed by atoms with Crippen LogP contribution >= 0.6 is 0 Å². The number of carbonyl (C=O) groups is 1. The van der Waals surface area contributed by atoms with Crippen LogP contribution in [0.2, 0.25) is 0 Å². The van der Waals surface area contributed by atoms with Gasteiger partial charge in [-0.15, -0.1) is 0 Å². The van der Waals surface area contributed by atoms with Gasteiger partial charge in [0.05, 0.1) is 22.6 Å². The molecule has 0 atom stereocenters. The van der Waals surface area contributed by atoms with Gasteiger partial charge >= 0.3 is 0 Å². The Labute approximate surface area is 167 Å². The van der Waals surface area contributed by atoms with E-state index in [0.717, 1.165) is 17.1 Å². The summed E-state index contributed by atoms with van der Waals surface area (Å²) >= 11 is 0. The topological polar surface area (TPSA) is 84.7 Å². The van der Waals surface area contributed by atoms with E-state index < -0.39 is 0 Å². The van der Waals surface area contributed by atoms with Crippen LogP contribution in [0.1, 0.15) is 27.4 Å². The molecular formula is C22H18N6O. The lowest BCUT2D eigenvalue weighted by atomic mass is 10.1. The molecule has 0 unspecified atom stereocenters. The van der Waals surface area contributed by atoms with Crippen LogP contribution in [0.3, 0.4) is 0 Å². The molecule has 1 amide bonds. The minimum absolute atomic E-state index is 0.197. The Morgan fingerprint density at radius 2 is 1.83 bits per heavy atom. The maximum Gasteiger partial charge on any atom is 0.259 e. The SMILES string of the molecule is Cc1ncn(-c2ccc3c(c2)NC(=O)c2ccc(Cc4ccccc4)nc2N3)n1. The Hall–Kier alpha value is -4.00. The van der Waals surface area contributed by atoms with Gasteiger partial charge in [0.2, 0.25) is 0 Å². The molecule has 142 valence electrons. The molecule has 0 radical (unpaired) electrons. The van der Waals surface area contributed by atoms with E-state index in [2.05, 4.69) is 32.8 Å². The van der Waals surface area contributed by atoms with E-state index in [-0.39, 0.29) is 5.91 Å². The van der Waals surface area contributed by atoms with Crippen LogP contribution in [0.25, 0.3) is 5.69 Å². The molecule has 1 aliphatic heterocycles. The Bertz CT molecular complexity index is 1220. The number of nitrogens with zero attached hydrogens (tertiary/aromatic N) is 4. The molecule has 0 saturated carbocycles. The van der Waals surface area contributed by atoms with Crippen molar-refractivity contribution in [1.29, 1.82) is 0 Å². The summed E-state index contributed by atoms with van der Waals surface area (Å²) in [6, 6.07) is 19.5. The van der Waals surface area contributed by atoms with Gasteiger partial charge in [0.15, 0.2) is 0 Å². The third kappa shape index (κ3) is 3.34. The third-order valence-electron chi connectivity index (χ3n) is 4.80.